The molecular formula is C17H20. The third-order valence-electron chi connectivity index (χ3n) is 3.14. The van der Waals surface area contributed by atoms with E-state index in [1.54, 1.807) is 0 Å². The van der Waals surface area contributed by atoms with Crippen molar-refractivity contribution in [3.63, 3.8) is 0 Å². The van der Waals surface area contributed by atoms with Crippen LogP contribution in [-0.4, -0.2) is 0 Å². The van der Waals surface area contributed by atoms with E-state index in [2.05, 4.69) is 75.4 Å². The minimum Gasteiger partial charge on any atom is -0.0751 e. The van der Waals surface area contributed by atoms with Gasteiger partial charge in [0.1, 0.15) is 0 Å². The molecular weight excluding hydrogens is 204 g/mol. The van der Waals surface area contributed by atoms with Gasteiger partial charge in [-0.25, -0.2) is 0 Å². The van der Waals surface area contributed by atoms with Gasteiger partial charge in [-0.2, -0.15) is 0 Å². The van der Waals surface area contributed by atoms with E-state index >= 15 is 0 Å². The summed E-state index contributed by atoms with van der Waals surface area (Å²) in [5.74, 6) is 0. The van der Waals surface area contributed by atoms with Gasteiger partial charge in [0, 0.05) is 5.41 Å². The Hall–Kier alpha value is -1.56. The predicted molar refractivity (Wildman–Crippen MR) is 75.9 cm³/mol. The highest BCUT2D eigenvalue weighted by molar-refractivity contribution is 5.75. The molecule has 88 valence electrons. The zero-order valence-corrected chi connectivity index (χ0v) is 10.9. The standard InChI is InChI=1S/C17H20/c1-4-14-8-10-15(11-9-14)16-7-5-6-12-17(2,3)13-16/h5-13H,4H2,1-3H3. The van der Waals surface area contributed by atoms with Gasteiger partial charge in [-0.3, -0.25) is 0 Å². The molecule has 1 aliphatic carbocycles. The predicted octanol–water partition coefficient (Wildman–Crippen LogP) is 4.78. The second-order valence-corrected chi connectivity index (χ2v) is 5.19. The fraction of sp³-hybridized carbons (Fsp3) is 0.294. The first-order valence-electron chi connectivity index (χ1n) is 6.29. The molecule has 0 atom stereocenters. The van der Waals surface area contributed by atoms with Gasteiger partial charge in [-0.15, -0.1) is 0 Å². The second-order valence-electron chi connectivity index (χ2n) is 5.19. The first kappa shape index (κ1) is 11.9. The lowest BCUT2D eigenvalue weighted by Gasteiger charge is -2.15. The van der Waals surface area contributed by atoms with Crippen LogP contribution in [0, 0.1) is 5.41 Å². The third-order valence-corrected chi connectivity index (χ3v) is 3.14. The summed E-state index contributed by atoms with van der Waals surface area (Å²) in [7, 11) is 0. The van der Waals surface area contributed by atoms with Gasteiger partial charge in [0.25, 0.3) is 0 Å². The molecule has 0 saturated carbocycles. The number of benzene rings is 1. The molecule has 0 saturated heterocycles. The van der Waals surface area contributed by atoms with E-state index in [0.717, 1.165) is 6.42 Å². The van der Waals surface area contributed by atoms with Crippen LogP contribution >= 0.6 is 0 Å². The maximum atomic E-state index is 2.33. The van der Waals surface area contributed by atoms with Crippen molar-refractivity contribution in [2.24, 2.45) is 5.41 Å². The molecule has 0 nitrogen and oxygen atoms in total. The van der Waals surface area contributed by atoms with Crippen molar-refractivity contribution in [3.05, 3.63) is 65.8 Å². The van der Waals surface area contributed by atoms with Gasteiger partial charge < -0.3 is 0 Å². The van der Waals surface area contributed by atoms with Crippen LogP contribution in [0.15, 0.2) is 54.6 Å². The topological polar surface area (TPSA) is 0 Å². The third kappa shape index (κ3) is 2.97. The van der Waals surface area contributed by atoms with E-state index in [1.807, 2.05) is 0 Å². The van der Waals surface area contributed by atoms with E-state index in [1.165, 1.54) is 16.7 Å². The van der Waals surface area contributed by atoms with Crippen LogP contribution in [0.25, 0.3) is 5.57 Å². The number of allylic oxidation sites excluding steroid dienone is 6. The molecule has 0 radical (unpaired) electrons. The van der Waals surface area contributed by atoms with Crippen LogP contribution in [0.2, 0.25) is 0 Å². The molecule has 0 aromatic heterocycles. The lowest BCUT2D eigenvalue weighted by molar-refractivity contribution is 0.629. The van der Waals surface area contributed by atoms with E-state index in [9.17, 15) is 0 Å². The van der Waals surface area contributed by atoms with Crippen molar-refractivity contribution in [2.45, 2.75) is 27.2 Å². The van der Waals surface area contributed by atoms with Crippen LogP contribution < -0.4 is 0 Å². The van der Waals surface area contributed by atoms with Crippen molar-refractivity contribution in [3.8, 4) is 0 Å². The molecule has 0 aliphatic heterocycles. The molecule has 0 heterocycles. The van der Waals surface area contributed by atoms with Crippen LogP contribution in [0.4, 0.5) is 0 Å². The van der Waals surface area contributed by atoms with Crippen molar-refractivity contribution < 1.29 is 0 Å². The molecule has 17 heavy (non-hydrogen) atoms. The van der Waals surface area contributed by atoms with Gasteiger partial charge in [0.15, 0.2) is 0 Å². The fourth-order valence-electron chi connectivity index (χ4n) is 2.07. The lowest BCUT2D eigenvalue weighted by atomic mass is 9.89. The van der Waals surface area contributed by atoms with Crippen molar-refractivity contribution in [2.75, 3.05) is 0 Å². The summed E-state index contributed by atoms with van der Waals surface area (Å²) in [6.07, 6.45) is 12.1. The molecule has 1 aromatic carbocycles. The zero-order chi connectivity index (χ0) is 12.3. The monoisotopic (exact) mass is 224 g/mol. The molecule has 0 fully saturated rings. The molecule has 1 aromatic rings. The average Bonchev–Trinajstić information content (AvgIpc) is 2.50. The highest BCUT2D eigenvalue weighted by Crippen LogP contribution is 2.28. The molecule has 0 unspecified atom stereocenters. The van der Waals surface area contributed by atoms with Crippen molar-refractivity contribution in [1.29, 1.82) is 0 Å². The largest absolute Gasteiger partial charge is 0.0751 e. The number of aryl methyl sites for hydroxylation is 1. The van der Waals surface area contributed by atoms with Crippen LogP contribution in [0.5, 0.6) is 0 Å². The summed E-state index contributed by atoms with van der Waals surface area (Å²) in [4.78, 5) is 0. The van der Waals surface area contributed by atoms with Crippen molar-refractivity contribution >= 4 is 5.57 Å². The van der Waals surface area contributed by atoms with E-state index < -0.39 is 0 Å². The first-order chi connectivity index (χ1) is 8.11. The summed E-state index contributed by atoms with van der Waals surface area (Å²) < 4.78 is 0. The summed E-state index contributed by atoms with van der Waals surface area (Å²) in [5, 5.41) is 0. The first-order valence-corrected chi connectivity index (χ1v) is 6.29. The highest BCUT2D eigenvalue weighted by Gasteiger charge is 2.13. The molecule has 2 rings (SSSR count). The average molecular weight is 224 g/mol. The summed E-state index contributed by atoms with van der Waals surface area (Å²) in [6, 6.07) is 8.87. The van der Waals surface area contributed by atoms with Gasteiger partial charge in [-0.05, 0) is 23.1 Å². The summed E-state index contributed by atoms with van der Waals surface area (Å²) in [5.41, 5.74) is 4.13. The van der Waals surface area contributed by atoms with Gasteiger partial charge in [-0.1, -0.05) is 75.4 Å². The summed E-state index contributed by atoms with van der Waals surface area (Å²) in [6.45, 7) is 6.65. The van der Waals surface area contributed by atoms with Crippen LogP contribution in [0.1, 0.15) is 31.9 Å². The Morgan fingerprint density at radius 3 is 2.35 bits per heavy atom. The van der Waals surface area contributed by atoms with E-state index in [-0.39, 0.29) is 5.41 Å². The molecule has 0 amide bonds. The van der Waals surface area contributed by atoms with E-state index in [0.29, 0.717) is 0 Å². The Balaban J connectivity index is 2.35. The normalized spacial score (nSPS) is 17.7. The molecule has 0 bridgehead atoms. The smallest absolute Gasteiger partial charge is 0.00167 e. The Labute approximate surface area is 104 Å². The number of hydrogen-bond donors (Lipinski definition) is 0. The minimum atomic E-state index is 0.127. The van der Waals surface area contributed by atoms with Crippen LogP contribution in [-0.2, 0) is 6.42 Å². The Morgan fingerprint density at radius 1 is 1.00 bits per heavy atom. The summed E-state index contributed by atoms with van der Waals surface area (Å²) >= 11 is 0. The number of hydrogen-bond acceptors (Lipinski definition) is 0. The van der Waals surface area contributed by atoms with Gasteiger partial charge in [0.2, 0.25) is 0 Å². The lowest BCUT2D eigenvalue weighted by Crippen LogP contribution is -2.02. The molecule has 0 heteroatoms. The molecule has 0 spiro atoms. The van der Waals surface area contributed by atoms with Gasteiger partial charge in [0.05, 0.1) is 0 Å². The number of rotatable bonds is 2. The molecule has 1 aliphatic rings. The van der Waals surface area contributed by atoms with Crippen molar-refractivity contribution in [1.82, 2.24) is 0 Å². The van der Waals surface area contributed by atoms with E-state index in [4.69, 9.17) is 0 Å². The van der Waals surface area contributed by atoms with Crippen LogP contribution in [0.3, 0.4) is 0 Å². The second kappa shape index (κ2) is 4.75. The maximum absolute atomic E-state index is 2.33. The minimum absolute atomic E-state index is 0.127. The maximum Gasteiger partial charge on any atom is 0.00167 e. The molecule has 0 N–H and O–H groups in total. The quantitative estimate of drug-likeness (QED) is 0.678. The Bertz CT molecular complexity index is 467. The zero-order valence-electron chi connectivity index (χ0n) is 10.9. The Morgan fingerprint density at radius 2 is 1.71 bits per heavy atom. The van der Waals surface area contributed by atoms with Gasteiger partial charge >= 0.3 is 0 Å². The Kier molecular flexibility index (Phi) is 3.33. The fourth-order valence-corrected chi connectivity index (χ4v) is 2.07. The highest BCUT2D eigenvalue weighted by atomic mass is 14.2. The SMILES string of the molecule is CCc1ccc(C2=CC(C)(C)C=CC=C2)cc1.